The van der Waals surface area contributed by atoms with Crippen LogP contribution in [0, 0.1) is 0 Å². The minimum atomic E-state index is 0.559. The molecule has 19 heavy (non-hydrogen) atoms. The Kier molecular flexibility index (Phi) is 7.68. The van der Waals surface area contributed by atoms with Crippen LogP contribution in [-0.4, -0.2) is 42.1 Å². The Morgan fingerprint density at radius 3 is 2.68 bits per heavy atom. The molecular weight excluding hydrogens is 234 g/mol. The molecule has 0 saturated carbocycles. The Labute approximate surface area is 118 Å². The first-order valence-electron chi connectivity index (χ1n) is 7.47. The molecule has 1 rings (SSSR count). The van der Waals surface area contributed by atoms with Gasteiger partial charge in [0.15, 0.2) is 0 Å². The first kappa shape index (κ1) is 16.1. The average molecular weight is 263 g/mol. The van der Waals surface area contributed by atoms with E-state index < -0.39 is 0 Å². The van der Waals surface area contributed by atoms with Crippen molar-refractivity contribution in [2.75, 3.05) is 20.1 Å². The highest BCUT2D eigenvalue weighted by Gasteiger charge is 2.14. The summed E-state index contributed by atoms with van der Waals surface area (Å²) in [7, 11) is 2.23. The highest BCUT2D eigenvalue weighted by molar-refractivity contribution is 5.03. The highest BCUT2D eigenvalue weighted by Crippen LogP contribution is 2.06. The number of rotatable bonds is 9. The van der Waals surface area contributed by atoms with E-state index in [2.05, 4.69) is 55.2 Å². The van der Waals surface area contributed by atoms with Crippen LogP contribution >= 0.6 is 0 Å². The van der Waals surface area contributed by atoms with Crippen LogP contribution in [0.4, 0.5) is 0 Å². The number of hydrogen-bond donors (Lipinski definition) is 1. The molecule has 3 heteroatoms. The molecule has 0 aromatic carbocycles. The van der Waals surface area contributed by atoms with Crippen molar-refractivity contribution in [3.05, 3.63) is 30.1 Å². The Balaban J connectivity index is 2.40. The Morgan fingerprint density at radius 1 is 1.32 bits per heavy atom. The summed E-state index contributed by atoms with van der Waals surface area (Å²) in [6.07, 6.45) is 5.38. The molecule has 0 aliphatic heterocycles. The summed E-state index contributed by atoms with van der Waals surface area (Å²) in [5.41, 5.74) is 1.18. The average Bonchev–Trinajstić information content (AvgIpc) is 2.41. The van der Waals surface area contributed by atoms with Gasteiger partial charge >= 0.3 is 0 Å². The first-order valence-corrected chi connectivity index (χ1v) is 7.47. The maximum Gasteiger partial charge on any atom is 0.0416 e. The quantitative estimate of drug-likeness (QED) is 0.742. The Hall–Kier alpha value is -0.930. The van der Waals surface area contributed by atoms with Gasteiger partial charge in [0.05, 0.1) is 0 Å². The molecule has 1 N–H and O–H groups in total. The number of likely N-dealkylation sites (N-methyl/N-ethyl adjacent to an activating group) is 1. The second-order valence-corrected chi connectivity index (χ2v) is 5.56. The zero-order chi connectivity index (χ0) is 14.1. The topological polar surface area (TPSA) is 28.2 Å². The summed E-state index contributed by atoms with van der Waals surface area (Å²) in [6, 6.07) is 7.32. The molecule has 0 fully saturated rings. The second kappa shape index (κ2) is 9.05. The van der Waals surface area contributed by atoms with Gasteiger partial charge in [-0.2, -0.15) is 0 Å². The number of pyridine rings is 1. The number of aromatic nitrogens is 1. The third-order valence-corrected chi connectivity index (χ3v) is 3.45. The van der Waals surface area contributed by atoms with E-state index in [1.165, 1.54) is 18.5 Å². The Bertz CT molecular complexity index is 324. The van der Waals surface area contributed by atoms with Crippen LogP contribution < -0.4 is 5.32 Å². The minimum absolute atomic E-state index is 0.559. The molecular formula is C16H29N3. The summed E-state index contributed by atoms with van der Waals surface area (Å²) in [4.78, 5) is 6.85. The molecule has 1 unspecified atom stereocenters. The van der Waals surface area contributed by atoms with E-state index in [1.807, 2.05) is 12.3 Å². The molecule has 108 valence electrons. The predicted molar refractivity (Wildman–Crippen MR) is 82.4 cm³/mol. The van der Waals surface area contributed by atoms with Crippen LogP contribution in [0.5, 0.6) is 0 Å². The largest absolute Gasteiger partial charge is 0.313 e. The van der Waals surface area contributed by atoms with Gasteiger partial charge in [0, 0.05) is 43.5 Å². The summed E-state index contributed by atoms with van der Waals surface area (Å²) in [6.45, 7) is 8.81. The van der Waals surface area contributed by atoms with E-state index in [0.29, 0.717) is 12.1 Å². The van der Waals surface area contributed by atoms with E-state index in [1.54, 1.807) is 0 Å². The van der Waals surface area contributed by atoms with Gasteiger partial charge in [0.2, 0.25) is 0 Å². The molecule has 0 bridgehead atoms. The summed E-state index contributed by atoms with van der Waals surface area (Å²) in [5.74, 6) is 0. The van der Waals surface area contributed by atoms with Gasteiger partial charge in [-0.15, -0.1) is 0 Å². The van der Waals surface area contributed by atoms with Crippen molar-refractivity contribution in [2.24, 2.45) is 0 Å². The molecule has 1 aromatic rings. The van der Waals surface area contributed by atoms with E-state index >= 15 is 0 Å². The van der Waals surface area contributed by atoms with Crippen molar-refractivity contribution in [1.29, 1.82) is 0 Å². The van der Waals surface area contributed by atoms with Gasteiger partial charge in [-0.3, -0.25) is 4.98 Å². The first-order chi connectivity index (χ1) is 9.13. The molecule has 0 aliphatic rings. The smallest absolute Gasteiger partial charge is 0.0416 e. The van der Waals surface area contributed by atoms with Crippen molar-refractivity contribution in [3.8, 4) is 0 Å². The fraction of sp³-hybridized carbons (Fsp3) is 0.688. The lowest BCUT2D eigenvalue weighted by molar-refractivity contribution is 0.221. The molecule has 1 aromatic heterocycles. The number of nitrogens with one attached hydrogen (secondary N) is 1. The van der Waals surface area contributed by atoms with Crippen LogP contribution in [0.1, 0.15) is 39.3 Å². The van der Waals surface area contributed by atoms with E-state index in [9.17, 15) is 0 Å². The minimum Gasteiger partial charge on any atom is -0.313 e. The lowest BCUT2D eigenvalue weighted by atomic mass is 10.1. The van der Waals surface area contributed by atoms with Gasteiger partial charge in [0.25, 0.3) is 0 Å². The van der Waals surface area contributed by atoms with Crippen molar-refractivity contribution in [2.45, 2.75) is 52.1 Å². The van der Waals surface area contributed by atoms with Crippen molar-refractivity contribution >= 4 is 0 Å². The number of nitrogens with zero attached hydrogens (tertiary/aromatic N) is 2. The molecule has 0 amide bonds. The molecule has 1 atom stereocenters. The standard InChI is InChI=1S/C16H29N3/c1-5-8-16(13-18-14(2)3)19(4)12-10-15-9-6-7-11-17-15/h6-7,9,11,14,16,18H,5,8,10,12-13H2,1-4H3. The zero-order valence-electron chi connectivity index (χ0n) is 12.9. The fourth-order valence-electron chi connectivity index (χ4n) is 2.20. The van der Waals surface area contributed by atoms with E-state index in [-0.39, 0.29) is 0 Å². The molecule has 1 heterocycles. The van der Waals surface area contributed by atoms with Crippen LogP contribution in [0.2, 0.25) is 0 Å². The lowest BCUT2D eigenvalue weighted by Crippen LogP contribution is -2.42. The monoisotopic (exact) mass is 263 g/mol. The third kappa shape index (κ3) is 6.69. The maximum absolute atomic E-state index is 4.39. The van der Waals surface area contributed by atoms with Gasteiger partial charge in [-0.05, 0) is 25.6 Å². The van der Waals surface area contributed by atoms with Crippen LogP contribution in [0.25, 0.3) is 0 Å². The molecule has 3 nitrogen and oxygen atoms in total. The lowest BCUT2D eigenvalue weighted by Gasteiger charge is -2.29. The highest BCUT2D eigenvalue weighted by atomic mass is 15.1. The van der Waals surface area contributed by atoms with Gasteiger partial charge in [0.1, 0.15) is 0 Å². The molecule has 0 spiro atoms. The zero-order valence-corrected chi connectivity index (χ0v) is 12.9. The normalized spacial score (nSPS) is 13.2. The second-order valence-electron chi connectivity index (χ2n) is 5.56. The summed E-state index contributed by atoms with van der Waals surface area (Å²) in [5, 5.41) is 3.55. The van der Waals surface area contributed by atoms with Crippen molar-refractivity contribution < 1.29 is 0 Å². The van der Waals surface area contributed by atoms with E-state index in [0.717, 1.165) is 19.5 Å². The molecule has 0 radical (unpaired) electrons. The summed E-state index contributed by atoms with van der Waals surface area (Å²) >= 11 is 0. The van der Waals surface area contributed by atoms with Gasteiger partial charge in [-0.25, -0.2) is 0 Å². The summed E-state index contributed by atoms with van der Waals surface area (Å²) < 4.78 is 0. The van der Waals surface area contributed by atoms with Crippen LogP contribution in [0.15, 0.2) is 24.4 Å². The van der Waals surface area contributed by atoms with E-state index in [4.69, 9.17) is 0 Å². The molecule has 0 saturated heterocycles. The van der Waals surface area contributed by atoms with Crippen LogP contribution in [-0.2, 0) is 6.42 Å². The number of hydrogen-bond acceptors (Lipinski definition) is 3. The fourth-order valence-corrected chi connectivity index (χ4v) is 2.20. The van der Waals surface area contributed by atoms with Crippen LogP contribution in [0.3, 0.4) is 0 Å². The third-order valence-electron chi connectivity index (χ3n) is 3.45. The Morgan fingerprint density at radius 2 is 2.11 bits per heavy atom. The predicted octanol–water partition coefficient (Wildman–Crippen LogP) is 2.72. The van der Waals surface area contributed by atoms with Gasteiger partial charge in [-0.1, -0.05) is 33.3 Å². The van der Waals surface area contributed by atoms with Crippen molar-refractivity contribution in [3.63, 3.8) is 0 Å². The maximum atomic E-state index is 4.39. The van der Waals surface area contributed by atoms with Gasteiger partial charge < -0.3 is 10.2 Å². The van der Waals surface area contributed by atoms with Crippen molar-refractivity contribution in [1.82, 2.24) is 15.2 Å². The SMILES string of the molecule is CCCC(CNC(C)C)N(C)CCc1ccccn1. The molecule has 0 aliphatic carbocycles.